The number of carbonyl (C=O) groups is 1. The first-order valence-electron chi connectivity index (χ1n) is 8.44. The van der Waals surface area contributed by atoms with E-state index >= 15 is 0 Å². The number of amides is 1. The summed E-state index contributed by atoms with van der Waals surface area (Å²) in [4.78, 5) is 17.1. The van der Waals surface area contributed by atoms with Crippen LogP contribution in [0.3, 0.4) is 0 Å². The van der Waals surface area contributed by atoms with Crippen molar-refractivity contribution in [1.29, 1.82) is 0 Å². The minimum absolute atomic E-state index is 0.0963. The summed E-state index contributed by atoms with van der Waals surface area (Å²) in [5, 5.41) is 3.81. The summed E-state index contributed by atoms with van der Waals surface area (Å²) in [7, 11) is -1.12. The van der Waals surface area contributed by atoms with Crippen molar-refractivity contribution in [3.05, 3.63) is 28.5 Å². The lowest BCUT2D eigenvalue weighted by Crippen LogP contribution is -2.48. The number of hydrogen-bond acceptors (Lipinski definition) is 4. The zero-order chi connectivity index (χ0) is 18.0. The molecular formula is C17H24BrN3O3Si. The van der Waals surface area contributed by atoms with E-state index in [4.69, 9.17) is 9.47 Å². The standard InChI is InChI=1S/C17H24BrN3O3Si/c1-25(2,3)5-4-23-11-21-8-15(17(22)20-13-9-24-10-13)14-6-12(18)7-19-16(14)21/h6-8,13H,4-5,9-11H2,1-3H3,(H,20,22). The highest BCUT2D eigenvalue weighted by molar-refractivity contribution is 9.10. The van der Waals surface area contributed by atoms with Gasteiger partial charge in [0.2, 0.25) is 0 Å². The Morgan fingerprint density at radius 1 is 1.48 bits per heavy atom. The molecule has 8 heteroatoms. The third-order valence-corrected chi connectivity index (χ3v) is 6.26. The van der Waals surface area contributed by atoms with Gasteiger partial charge >= 0.3 is 0 Å². The van der Waals surface area contributed by atoms with E-state index in [9.17, 15) is 4.79 Å². The van der Waals surface area contributed by atoms with Gasteiger partial charge in [-0.25, -0.2) is 4.98 Å². The molecule has 0 radical (unpaired) electrons. The molecule has 1 saturated heterocycles. The van der Waals surface area contributed by atoms with Crippen LogP contribution < -0.4 is 5.32 Å². The Labute approximate surface area is 157 Å². The predicted octanol–water partition coefficient (Wildman–Crippen LogP) is 3.24. The molecule has 2 aromatic heterocycles. The number of ether oxygens (including phenoxy) is 2. The van der Waals surface area contributed by atoms with E-state index in [1.54, 1.807) is 6.20 Å². The lowest BCUT2D eigenvalue weighted by Gasteiger charge is -2.26. The highest BCUT2D eigenvalue weighted by atomic mass is 79.9. The van der Waals surface area contributed by atoms with Crippen molar-refractivity contribution in [2.75, 3.05) is 19.8 Å². The third-order valence-electron chi connectivity index (χ3n) is 4.13. The second-order valence-corrected chi connectivity index (χ2v) is 14.1. The van der Waals surface area contributed by atoms with Gasteiger partial charge in [0.15, 0.2) is 0 Å². The number of aromatic nitrogens is 2. The normalized spacial score (nSPS) is 15.4. The van der Waals surface area contributed by atoms with Crippen LogP contribution in [0.1, 0.15) is 10.4 Å². The van der Waals surface area contributed by atoms with Crippen LogP contribution in [-0.2, 0) is 16.2 Å². The van der Waals surface area contributed by atoms with Crippen LogP contribution in [-0.4, -0.2) is 49.4 Å². The average molecular weight is 426 g/mol. The number of halogens is 1. The van der Waals surface area contributed by atoms with E-state index in [2.05, 4.69) is 45.9 Å². The van der Waals surface area contributed by atoms with Crippen LogP contribution in [0, 0.1) is 0 Å². The Morgan fingerprint density at radius 3 is 2.88 bits per heavy atom. The molecule has 0 spiro atoms. The van der Waals surface area contributed by atoms with Crippen molar-refractivity contribution in [2.24, 2.45) is 0 Å². The van der Waals surface area contributed by atoms with Crippen LogP contribution >= 0.6 is 15.9 Å². The van der Waals surface area contributed by atoms with Crippen molar-refractivity contribution in [2.45, 2.75) is 38.5 Å². The third kappa shape index (κ3) is 4.69. The fourth-order valence-corrected chi connectivity index (χ4v) is 3.64. The number of nitrogens with zero attached hydrogens (tertiary/aromatic N) is 2. The SMILES string of the molecule is C[Si](C)(C)CCOCn1cc(C(=O)NC2COC2)c2cc(Br)cnc21. The highest BCUT2D eigenvalue weighted by Crippen LogP contribution is 2.24. The maximum atomic E-state index is 12.6. The van der Waals surface area contributed by atoms with Gasteiger partial charge in [-0.2, -0.15) is 0 Å². The van der Waals surface area contributed by atoms with E-state index in [-0.39, 0.29) is 11.9 Å². The maximum Gasteiger partial charge on any atom is 0.253 e. The van der Waals surface area contributed by atoms with E-state index in [0.29, 0.717) is 25.5 Å². The molecule has 6 nitrogen and oxygen atoms in total. The zero-order valence-corrected chi connectivity index (χ0v) is 17.4. The number of carbonyl (C=O) groups excluding carboxylic acids is 1. The highest BCUT2D eigenvalue weighted by Gasteiger charge is 2.24. The minimum atomic E-state index is -1.12. The van der Waals surface area contributed by atoms with Crippen LogP contribution in [0.4, 0.5) is 0 Å². The summed E-state index contributed by atoms with van der Waals surface area (Å²) in [5.74, 6) is -0.0981. The van der Waals surface area contributed by atoms with Gasteiger partial charge in [0.05, 0.1) is 24.8 Å². The summed E-state index contributed by atoms with van der Waals surface area (Å²) in [6.45, 7) is 9.26. The van der Waals surface area contributed by atoms with Gasteiger partial charge in [0.1, 0.15) is 12.4 Å². The smallest absolute Gasteiger partial charge is 0.253 e. The van der Waals surface area contributed by atoms with Gasteiger partial charge in [-0.15, -0.1) is 0 Å². The molecule has 0 unspecified atom stereocenters. The van der Waals surface area contributed by atoms with Crippen LogP contribution in [0.25, 0.3) is 11.0 Å². The Morgan fingerprint density at radius 2 is 2.24 bits per heavy atom. The van der Waals surface area contributed by atoms with E-state index < -0.39 is 8.07 Å². The van der Waals surface area contributed by atoms with Crippen molar-refractivity contribution in [3.63, 3.8) is 0 Å². The maximum absolute atomic E-state index is 12.6. The van der Waals surface area contributed by atoms with Crippen molar-refractivity contribution < 1.29 is 14.3 Å². The van der Waals surface area contributed by atoms with Gasteiger partial charge in [-0.1, -0.05) is 19.6 Å². The topological polar surface area (TPSA) is 65.4 Å². The van der Waals surface area contributed by atoms with Crippen molar-refractivity contribution in [1.82, 2.24) is 14.9 Å². The van der Waals surface area contributed by atoms with Gasteiger partial charge in [0.25, 0.3) is 5.91 Å². The Hall–Kier alpha value is -1.22. The molecule has 0 saturated carbocycles. The molecule has 1 amide bonds. The molecule has 0 aromatic carbocycles. The molecule has 25 heavy (non-hydrogen) atoms. The summed E-state index contributed by atoms with van der Waals surface area (Å²) in [5.41, 5.74) is 1.37. The Balaban J connectivity index is 1.77. The molecular weight excluding hydrogens is 402 g/mol. The molecule has 1 aliphatic rings. The van der Waals surface area contributed by atoms with Crippen LogP contribution in [0.15, 0.2) is 22.9 Å². The zero-order valence-electron chi connectivity index (χ0n) is 14.8. The molecule has 136 valence electrons. The molecule has 1 aliphatic heterocycles. The second-order valence-electron chi connectivity index (χ2n) is 7.59. The first kappa shape index (κ1) is 18.6. The van der Waals surface area contributed by atoms with Gasteiger partial charge in [0, 0.05) is 36.9 Å². The van der Waals surface area contributed by atoms with Crippen LogP contribution in [0.5, 0.6) is 0 Å². The summed E-state index contributed by atoms with van der Waals surface area (Å²) < 4.78 is 13.7. The number of rotatable bonds is 7. The first-order chi connectivity index (χ1) is 11.8. The summed E-state index contributed by atoms with van der Waals surface area (Å²) in [6, 6.07) is 3.13. The van der Waals surface area contributed by atoms with Crippen molar-refractivity contribution >= 4 is 40.9 Å². The Kier molecular flexibility index (Phi) is 5.62. The number of pyridine rings is 1. The van der Waals surface area contributed by atoms with E-state index in [1.165, 1.54) is 0 Å². The predicted molar refractivity (Wildman–Crippen MR) is 104 cm³/mol. The lowest BCUT2D eigenvalue weighted by molar-refractivity contribution is -0.00344. The van der Waals surface area contributed by atoms with Gasteiger partial charge < -0.3 is 19.4 Å². The number of nitrogens with one attached hydrogen (secondary N) is 1. The van der Waals surface area contributed by atoms with Gasteiger partial charge in [-0.05, 0) is 28.0 Å². The number of hydrogen-bond donors (Lipinski definition) is 1. The monoisotopic (exact) mass is 425 g/mol. The molecule has 0 aliphatic carbocycles. The molecule has 3 rings (SSSR count). The average Bonchev–Trinajstić information content (AvgIpc) is 2.84. The van der Waals surface area contributed by atoms with Crippen molar-refractivity contribution in [3.8, 4) is 0 Å². The first-order valence-corrected chi connectivity index (χ1v) is 12.9. The second kappa shape index (κ2) is 7.57. The molecule has 0 bridgehead atoms. The molecule has 3 heterocycles. The fraction of sp³-hybridized carbons (Fsp3) is 0.529. The molecule has 2 aromatic rings. The summed E-state index contributed by atoms with van der Waals surface area (Å²) >= 11 is 3.44. The minimum Gasteiger partial charge on any atom is -0.377 e. The summed E-state index contributed by atoms with van der Waals surface area (Å²) in [6.07, 6.45) is 3.57. The molecule has 1 N–H and O–H groups in total. The largest absolute Gasteiger partial charge is 0.377 e. The number of fused-ring (bicyclic) bond motifs is 1. The Bertz CT molecular complexity index is 768. The van der Waals surface area contributed by atoms with Gasteiger partial charge in [-0.3, -0.25) is 4.79 Å². The van der Waals surface area contributed by atoms with E-state index in [0.717, 1.165) is 28.2 Å². The molecule has 0 atom stereocenters. The fourth-order valence-electron chi connectivity index (χ4n) is 2.55. The van der Waals surface area contributed by atoms with E-state index in [1.807, 2.05) is 16.8 Å². The molecule has 1 fully saturated rings. The van der Waals surface area contributed by atoms with Crippen LogP contribution in [0.2, 0.25) is 25.7 Å². The quantitative estimate of drug-likeness (QED) is 0.546. The lowest BCUT2D eigenvalue weighted by atomic mass is 10.2.